The van der Waals surface area contributed by atoms with Gasteiger partial charge in [0.25, 0.3) is 0 Å². The molecule has 0 N–H and O–H groups in total. The third-order valence-corrected chi connectivity index (χ3v) is 4.91. The summed E-state index contributed by atoms with van der Waals surface area (Å²) in [5.41, 5.74) is 1.23. The van der Waals surface area contributed by atoms with Crippen LogP contribution in [0.1, 0.15) is 38.3 Å². The van der Waals surface area contributed by atoms with E-state index in [1.807, 2.05) is 16.5 Å². The number of imidazole rings is 1. The molecule has 0 atom stereocenters. The van der Waals surface area contributed by atoms with Crippen LogP contribution in [0.3, 0.4) is 0 Å². The maximum atomic E-state index is 12.1. The minimum Gasteiger partial charge on any atom is -0.333 e. The molecule has 0 aliphatic heterocycles. The molecule has 0 spiro atoms. The maximum absolute atomic E-state index is 12.1. The first-order valence-corrected chi connectivity index (χ1v) is 7.46. The van der Waals surface area contributed by atoms with Gasteiger partial charge in [0, 0.05) is 13.6 Å². The van der Waals surface area contributed by atoms with Crippen LogP contribution in [0.2, 0.25) is 5.28 Å². The Morgan fingerprint density at radius 1 is 1.65 bits per heavy atom. The number of halogens is 1. The lowest BCUT2D eigenvalue weighted by atomic mass is 9.66. The minimum absolute atomic E-state index is 0.0259. The molecule has 0 saturated heterocycles. The van der Waals surface area contributed by atoms with E-state index in [9.17, 15) is 4.79 Å². The molecule has 0 bridgehead atoms. The molecule has 1 aromatic rings. The highest BCUT2D eigenvalue weighted by Crippen LogP contribution is 2.44. The number of amides is 1. The SMILES string of the molecule is C=CC(=O)N(Cc1cnc(Cl)n1C)CC1(CC)CCC1. The van der Waals surface area contributed by atoms with E-state index < -0.39 is 0 Å². The Kier molecular flexibility index (Phi) is 4.53. The highest BCUT2D eigenvalue weighted by molar-refractivity contribution is 6.28. The zero-order valence-electron chi connectivity index (χ0n) is 12.2. The van der Waals surface area contributed by atoms with Crippen LogP contribution < -0.4 is 0 Å². The fourth-order valence-electron chi connectivity index (χ4n) is 2.81. The van der Waals surface area contributed by atoms with Crippen LogP contribution in [0, 0.1) is 5.41 Å². The number of rotatable bonds is 6. The van der Waals surface area contributed by atoms with Crippen molar-refractivity contribution in [3.8, 4) is 0 Å². The number of nitrogens with zero attached hydrogens (tertiary/aromatic N) is 3. The van der Waals surface area contributed by atoms with Crippen molar-refractivity contribution in [1.82, 2.24) is 14.5 Å². The summed E-state index contributed by atoms with van der Waals surface area (Å²) >= 11 is 5.95. The second-order valence-corrected chi connectivity index (χ2v) is 6.02. The quantitative estimate of drug-likeness (QED) is 0.756. The van der Waals surface area contributed by atoms with Crippen LogP contribution in [0.25, 0.3) is 0 Å². The van der Waals surface area contributed by atoms with Gasteiger partial charge in [-0.1, -0.05) is 19.9 Å². The van der Waals surface area contributed by atoms with Crippen molar-refractivity contribution in [3.05, 3.63) is 29.8 Å². The lowest BCUT2D eigenvalue weighted by molar-refractivity contribution is -0.129. The average molecular weight is 296 g/mol. The summed E-state index contributed by atoms with van der Waals surface area (Å²) in [6, 6.07) is 0. The molecule has 1 amide bonds. The normalized spacial score (nSPS) is 16.6. The molecule has 2 rings (SSSR count). The summed E-state index contributed by atoms with van der Waals surface area (Å²) < 4.78 is 1.81. The van der Waals surface area contributed by atoms with E-state index in [2.05, 4.69) is 18.5 Å². The summed E-state index contributed by atoms with van der Waals surface area (Å²) in [7, 11) is 1.86. The molecular formula is C15H22ClN3O. The summed E-state index contributed by atoms with van der Waals surface area (Å²) in [5, 5.41) is 0.444. The predicted octanol–water partition coefficient (Wildman–Crippen LogP) is 3.17. The van der Waals surface area contributed by atoms with Gasteiger partial charge in [-0.15, -0.1) is 0 Å². The molecule has 20 heavy (non-hydrogen) atoms. The summed E-state index contributed by atoms with van der Waals surface area (Å²) in [4.78, 5) is 18.0. The Morgan fingerprint density at radius 3 is 2.75 bits per heavy atom. The van der Waals surface area contributed by atoms with Crippen molar-refractivity contribution in [3.63, 3.8) is 0 Å². The van der Waals surface area contributed by atoms with E-state index >= 15 is 0 Å². The minimum atomic E-state index is -0.0259. The molecule has 1 aromatic heterocycles. The van der Waals surface area contributed by atoms with Gasteiger partial charge >= 0.3 is 0 Å². The molecule has 4 nitrogen and oxygen atoms in total. The van der Waals surface area contributed by atoms with Gasteiger partial charge in [-0.05, 0) is 42.4 Å². The van der Waals surface area contributed by atoms with Gasteiger partial charge in [0.15, 0.2) is 0 Å². The fraction of sp³-hybridized carbons (Fsp3) is 0.600. The monoisotopic (exact) mass is 295 g/mol. The average Bonchev–Trinajstić information content (AvgIpc) is 2.72. The Bertz CT molecular complexity index is 500. The zero-order valence-corrected chi connectivity index (χ0v) is 13.0. The molecule has 0 aromatic carbocycles. The topological polar surface area (TPSA) is 38.1 Å². The Hall–Kier alpha value is -1.29. The molecule has 1 fully saturated rings. The molecule has 0 unspecified atom stereocenters. The molecular weight excluding hydrogens is 274 g/mol. The first-order chi connectivity index (χ1) is 9.51. The number of carbonyl (C=O) groups is 1. The van der Waals surface area contributed by atoms with Crippen molar-refractivity contribution < 1.29 is 4.79 Å². The van der Waals surface area contributed by atoms with E-state index in [1.54, 1.807) is 6.20 Å². The number of aromatic nitrogens is 2. The largest absolute Gasteiger partial charge is 0.333 e. The van der Waals surface area contributed by atoms with Gasteiger partial charge in [-0.3, -0.25) is 4.79 Å². The van der Waals surface area contributed by atoms with Crippen LogP contribution >= 0.6 is 11.6 Å². The molecule has 1 heterocycles. The van der Waals surface area contributed by atoms with Crippen molar-refractivity contribution >= 4 is 17.5 Å². The summed E-state index contributed by atoms with van der Waals surface area (Å²) in [6.45, 7) is 7.14. The van der Waals surface area contributed by atoms with Crippen molar-refractivity contribution in [2.24, 2.45) is 12.5 Å². The standard InChI is InChI=1S/C15H22ClN3O/c1-4-13(20)19(11-15(5-2)7-6-8-15)10-12-9-17-14(16)18(12)3/h4,9H,1,5-8,10-11H2,2-3H3. The van der Waals surface area contributed by atoms with Crippen LogP contribution in [0.15, 0.2) is 18.9 Å². The summed E-state index contributed by atoms with van der Waals surface area (Å²) in [5.74, 6) is -0.0259. The van der Waals surface area contributed by atoms with Gasteiger partial charge in [-0.25, -0.2) is 4.98 Å². The van der Waals surface area contributed by atoms with E-state index in [0.717, 1.165) is 18.7 Å². The lowest BCUT2D eigenvalue weighted by Gasteiger charge is -2.44. The maximum Gasteiger partial charge on any atom is 0.246 e. The van der Waals surface area contributed by atoms with Crippen LogP contribution in [-0.2, 0) is 18.4 Å². The van der Waals surface area contributed by atoms with Gasteiger partial charge in [0.05, 0.1) is 18.4 Å². The molecule has 1 aliphatic rings. The van der Waals surface area contributed by atoms with Gasteiger partial charge in [-0.2, -0.15) is 0 Å². The smallest absolute Gasteiger partial charge is 0.246 e. The third kappa shape index (κ3) is 2.90. The molecule has 0 radical (unpaired) electrons. The first kappa shape index (κ1) is 15.1. The highest BCUT2D eigenvalue weighted by atomic mass is 35.5. The van der Waals surface area contributed by atoms with Crippen LogP contribution in [-0.4, -0.2) is 26.9 Å². The summed E-state index contributed by atoms with van der Waals surface area (Å²) in [6.07, 6.45) is 7.90. The lowest BCUT2D eigenvalue weighted by Crippen LogP contribution is -2.44. The third-order valence-electron chi connectivity index (χ3n) is 4.56. The number of carbonyl (C=O) groups excluding carboxylic acids is 1. The number of hydrogen-bond donors (Lipinski definition) is 0. The van der Waals surface area contributed by atoms with Crippen molar-refractivity contribution in [1.29, 1.82) is 0 Å². The zero-order chi connectivity index (χ0) is 14.8. The highest BCUT2D eigenvalue weighted by Gasteiger charge is 2.37. The molecule has 1 aliphatic carbocycles. The van der Waals surface area contributed by atoms with Crippen molar-refractivity contribution in [2.75, 3.05) is 6.54 Å². The Morgan fingerprint density at radius 2 is 2.35 bits per heavy atom. The molecule has 110 valence electrons. The van der Waals surface area contributed by atoms with Gasteiger partial charge in [0.2, 0.25) is 11.2 Å². The van der Waals surface area contributed by atoms with E-state index in [4.69, 9.17) is 11.6 Å². The van der Waals surface area contributed by atoms with Crippen LogP contribution in [0.5, 0.6) is 0 Å². The first-order valence-electron chi connectivity index (χ1n) is 7.09. The van der Waals surface area contributed by atoms with E-state index in [1.165, 1.54) is 25.3 Å². The predicted molar refractivity (Wildman–Crippen MR) is 80.4 cm³/mol. The van der Waals surface area contributed by atoms with Crippen LogP contribution in [0.4, 0.5) is 0 Å². The van der Waals surface area contributed by atoms with Gasteiger partial charge in [0.1, 0.15) is 0 Å². The number of hydrogen-bond acceptors (Lipinski definition) is 2. The van der Waals surface area contributed by atoms with E-state index in [0.29, 0.717) is 17.2 Å². The van der Waals surface area contributed by atoms with Crippen molar-refractivity contribution in [2.45, 2.75) is 39.2 Å². The van der Waals surface area contributed by atoms with E-state index in [-0.39, 0.29) is 5.91 Å². The second kappa shape index (κ2) is 6.00. The Balaban J connectivity index is 2.13. The molecule has 1 saturated carbocycles. The van der Waals surface area contributed by atoms with Gasteiger partial charge < -0.3 is 9.47 Å². The Labute approximate surface area is 125 Å². The fourth-order valence-corrected chi connectivity index (χ4v) is 2.97. The second-order valence-electron chi connectivity index (χ2n) is 5.68. The molecule has 5 heteroatoms.